The van der Waals surface area contributed by atoms with Gasteiger partial charge in [0.15, 0.2) is 0 Å². The molecule has 0 N–H and O–H groups in total. The lowest BCUT2D eigenvalue weighted by atomic mass is 9.97. The Bertz CT molecular complexity index is 8840. The van der Waals surface area contributed by atoms with E-state index in [1.807, 2.05) is 12.1 Å². The highest BCUT2D eigenvalue weighted by molar-refractivity contribution is 6.21. The molecule has 0 aliphatic heterocycles. The summed E-state index contributed by atoms with van der Waals surface area (Å²) in [5.41, 5.74) is 26.2. The second kappa shape index (κ2) is 25.7. The van der Waals surface area contributed by atoms with Crippen LogP contribution in [0.25, 0.3) is 219 Å². The summed E-state index contributed by atoms with van der Waals surface area (Å²) in [6.45, 7) is 0. The summed E-state index contributed by atoms with van der Waals surface area (Å²) in [4.78, 5) is 4.73. The van der Waals surface area contributed by atoms with E-state index in [0.717, 1.165) is 188 Å². The normalized spacial score (nSPS) is 12.2. The Morgan fingerprint density at radius 2 is 0.533 bits per heavy atom. The predicted molar refractivity (Wildman–Crippen MR) is 500 cm³/mol. The van der Waals surface area contributed by atoms with Crippen molar-refractivity contribution < 1.29 is 17.7 Å². The third kappa shape index (κ3) is 10.1. The molecule has 0 saturated heterocycles. The minimum Gasteiger partial charge on any atom is -0.456 e. The quantitative estimate of drug-likeness (QED) is 0.120. The molecule has 8 heteroatoms. The molecule has 6 heterocycles. The van der Waals surface area contributed by atoms with Crippen LogP contribution in [-0.4, -0.2) is 9.13 Å². The largest absolute Gasteiger partial charge is 0.456 e. The molecule has 26 rings (SSSR count). The number of nitrogens with zero attached hydrogens (tertiary/aromatic N) is 4. The summed E-state index contributed by atoms with van der Waals surface area (Å²) >= 11 is 0. The van der Waals surface area contributed by atoms with E-state index in [0.29, 0.717) is 0 Å². The Labute approximate surface area is 685 Å². The van der Waals surface area contributed by atoms with Crippen molar-refractivity contribution in [3.8, 4) is 44.8 Å². The van der Waals surface area contributed by atoms with Crippen molar-refractivity contribution in [2.45, 2.75) is 0 Å². The number of anilines is 6. The third-order valence-electron chi connectivity index (χ3n) is 25.2. The minimum atomic E-state index is 0.799. The standard InChI is InChI=1S/C112H66N4O4/c1-2-21-74(22-3-1)116-99-34-16-13-31-94(99)112-82(32-18-35-101(112)116)73-42-56-106-97(59-73)93-53-48-79(66-111(93)119-106)114(103-61-72-20-5-7-24-81(72)84-26-9-11-28-86(84)103)77-46-51-91-89-49-39-70(62-107(89)120-109(91)64-77)67-37-43-75(44-38-67)115-98-33-15-12-29-87(98)95-57-68(40-54-100(95)115)69-41-55-105-96(58-69)92-52-47-78(65-110(92)118-105)113(76-45-50-90-88-30-14-17-36-104(88)117-108(90)63-76)102-60-71-19-4-6-23-80(71)83-25-8-10-27-85(83)102/h1-66H. The predicted octanol–water partition coefficient (Wildman–Crippen LogP) is 32.0. The number of aromatic nitrogens is 2. The van der Waals surface area contributed by atoms with Crippen LogP contribution in [0, 0.1) is 0 Å². The van der Waals surface area contributed by atoms with Gasteiger partial charge in [-0.2, -0.15) is 0 Å². The first kappa shape index (κ1) is 66.2. The van der Waals surface area contributed by atoms with E-state index in [1.54, 1.807) is 0 Å². The maximum Gasteiger partial charge on any atom is 0.137 e. The van der Waals surface area contributed by atoms with Crippen molar-refractivity contribution in [1.82, 2.24) is 9.13 Å². The van der Waals surface area contributed by atoms with Crippen LogP contribution in [0.5, 0.6) is 0 Å². The zero-order valence-electron chi connectivity index (χ0n) is 64.5. The highest BCUT2D eigenvalue weighted by Gasteiger charge is 2.26. The smallest absolute Gasteiger partial charge is 0.137 e. The maximum absolute atomic E-state index is 7.04. The van der Waals surface area contributed by atoms with E-state index in [9.17, 15) is 0 Å². The van der Waals surface area contributed by atoms with Crippen LogP contribution in [0.3, 0.4) is 0 Å². The van der Waals surface area contributed by atoms with Crippen LogP contribution in [0.15, 0.2) is 418 Å². The van der Waals surface area contributed by atoms with Gasteiger partial charge in [0.05, 0.1) is 33.4 Å². The zero-order valence-corrected chi connectivity index (χ0v) is 64.5. The van der Waals surface area contributed by atoms with Crippen molar-refractivity contribution in [3.05, 3.63) is 400 Å². The fourth-order valence-corrected chi connectivity index (χ4v) is 19.7. The molecule has 0 fully saturated rings. The molecule has 8 nitrogen and oxygen atoms in total. The summed E-state index contributed by atoms with van der Waals surface area (Å²) in [6.07, 6.45) is 0. The summed E-state index contributed by atoms with van der Waals surface area (Å²) in [7, 11) is 0. The highest BCUT2D eigenvalue weighted by Crippen LogP contribution is 2.50. The number of furan rings is 4. The fourth-order valence-electron chi connectivity index (χ4n) is 19.7. The van der Waals surface area contributed by atoms with Crippen LogP contribution in [0.2, 0.25) is 0 Å². The van der Waals surface area contributed by atoms with Gasteiger partial charge < -0.3 is 36.6 Å². The van der Waals surface area contributed by atoms with Crippen LogP contribution in [-0.2, 0) is 0 Å². The first-order valence-electron chi connectivity index (χ1n) is 40.9. The second-order valence-electron chi connectivity index (χ2n) is 31.8. The lowest BCUT2D eigenvalue weighted by Gasteiger charge is -2.27. The Morgan fingerprint density at radius 3 is 1.12 bits per heavy atom. The average molecular weight is 1530 g/mol. The third-order valence-corrected chi connectivity index (χ3v) is 25.2. The first-order chi connectivity index (χ1) is 59.4. The van der Waals surface area contributed by atoms with Gasteiger partial charge in [0.1, 0.15) is 44.7 Å². The second-order valence-corrected chi connectivity index (χ2v) is 31.8. The SMILES string of the molecule is c1ccc(-n2c3ccccc3c3c(-c4ccc5oc6cc(N(c7ccc8c(c7)oc7cc(-c9ccc(-n%10c%11ccccc%11c%11cc(-c%12ccc%13oc%14cc(N(c%15ccc%16c(c%15)oc%15ccccc%15%16)c%15cc%16ccccc%16c%16ccccc%15%16)ccc%14c%13c%12)ccc%11%10)cc9)ccc78)c7cc8ccccc8c8ccccc78)ccc6c5c4)cccc32)cc1. The van der Waals surface area contributed by atoms with Crippen molar-refractivity contribution in [1.29, 1.82) is 0 Å². The number of hydrogen-bond acceptors (Lipinski definition) is 6. The molecule has 0 amide bonds. The van der Waals surface area contributed by atoms with E-state index < -0.39 is 0 Å². The van der Waals surface area contributed by atoms with Gasteiger partial charge in [-0.1, -0.05) is 218 Å². The van der Waals surface area contributed by atoms with Gasteiger partial charge in [-0.3, -0.25) is 0 Å². The summed E-state index contributed by atoms with van der Waals surface area (Å²) < 4.78 is 32.1. The van der Waals surface area contributed by atoms with Gasteiger partial charge in [0.2, 0.25) is 0 Å². The van der Waals surface area contributed by atoms with Gasteiger partial charge in [0.25, 0.3) is 0 Å². The van der Waals surface area contributed by atoms with Crippen molar-refractivity contribution >= 4 is 209 Å². The molecule has 120 heavy (non-hydrogen) atoms. The lowest BCUT2D eigenvalue weighted by molar-refractivity contribution is 0.668. The summed E-state index contributed by atoms with van der Waals surface area (Å²) in [5.74, 6) is 0. The van der Waals surface area contributed by atoms with E-state index in [2.05, 4.69) is 407 Å². The Balaban J connectivity index is 0.527. The molecule has 0 radical (unpaired) electrons. The highest BCUT2D eigenvalue weighted by atomic mass is 16.3. The van der Waals surface area contributed by atoms with Crippen molar-refractivity contribution in [2.75, 3.05) is 9.80 Å². The lowest BCUT2D eigenvalue weighted by Crippen LogP contribution is -2.10. The monoisotopic (exact) mass is 1530 g/mol. The number of hydrogen-bond donors (Lipinski definition) is 0. The molecular formula is C112H66N4O4. The molecule has 0 spiro atoms. The van der Waals surface area contributed by atoms with Crippen LogP contribution in [0.1, 0.15) is 0 Å². The molecule has 0 aliphatic rings. The molecule has 20 aromatic carbocycles. The molecule has 0 atom stereocenters. The number of fused-ring (bicyclic) bond motifs is 24. The minimum absolute atomic E-state index is 0.799. The molecule has 6 aromatic heterocycles. The molecule has 0 aliphatic carbocycles. The molecule has 558 valence electrons. The van der Waals surface area contributed by atoms with Gasteiger partial charge in [-0.15, -0.1) is 0 Å². The van der Waals surface area contributed by atoms with Crippen LogP contribution >= 0.6 is 0 Å². The number of para-hydroxylation sites is 4. The molecule has 0 saturated carbocycles. The Morgan fingerprint density at radius 1 is 0.175 bits per heavy atom. The van der Waals surface area contributed by atoms with E-state index in [1.165, 1.54) is 65.1 Å². The topological polar surface area (TPSA) is 68.9 Å². The molecule has 26 aromatic rings. The van der Waals surface area contributed by atoms with Crippen LogP contribution < -0.4 is 9.80 Å². The summed E-state index contributed by atoms with van der Waals surface area (Å²) in [6, 6.07) is 145. The summed E-state index contributed by atoms with van der Waals surface area (Å²) in [5, 5.41) is 22.7. The van der Waals surface area contributed by atoms with E-state index >= 15 is 0 Å². The van der Waals surface area contributed by atoms with Gasteiger partial charge in [-0.25, -0.2) is 0 Å². The van der Waals surface area contributed by atoms with E-state index in [4.69, 9.17) is 17.7 Å². The van der Waals surface area contributed by atoms with E-state index in [-0.39, 0.29) is 0 Å². The Hall–Kier alpha value is -16.2. The average Bonchev–Trinajstić information content (AvgIpc) is 1.57. The van der Waals surface area contributed by atoms with Crippen molar-refractivity contribution in [3.63, 3.8) is 0 Å². The van der Waals surface area contributed by atoms with Gasteiger partial charge in [-0.05, 0) is 223 Å². The fraction of sp³-hybridized carbons (Fsp3) is 0. The number of rotatable bonds is 11. The van der Waals surface area contributed by atoms with Crippen molar-refractivity contribution in [2.24, 2.45) is 0 Å². The van der Waals surface area contributed by atoms with Gasteiger partial charge >= 0.3 is 0 Å². The zero-order chi connectivity index (χ0) is 78.4. The first-order valence-corrected chi connectivity index (χ1v) is 40.9. The Kier molecular flexibility index (Phi) is 14.2. The molecule has 0 unspecified atom stereocenters. The molecule has 0 bridgehead atoms. The van der Waals surface area contributed by atoms with Gasteiger partial charge in [0, 0.05) is 134 Å². The van der Waals surface area contributed by atoms with Crippen LogP contribution in [0.4, 0.5) is 34.1 Å². The molecular weight excluding hydrogens is 1470 g/mol. The number of benzene rings is 20. The maximum atomic E-state index is 7.04.